The van der Waals surface area contributed by atoms with Crippen LogP contribution >= 0.6 is 0 Å². The van der Waals surface area contributed by atoms with Crippen LogP contribution in [0.2, 0.25) is 0 Å². The number of methoxy groups -OCH3 is 1. The lowest BCUT2D eigenvalue weighted by atomic mass is 10.0. The van der Waals surface area contributed by atoms with Gasteiger partial charge in [-0.15, -0.1) is 0 Å². The molecule has 0 radical (unpaired) electrons. The van der Waals surface area contributed by atoms with E-state index in [1.165, 1.54) is 13.2 Å². The number of alkyl halides is 2. The summed E-state index contributed by atoms with van der Waals surface area (Å²) >= 11 is 0. The van der Waals surface area contributed by atoms with Crippen molar-refractivity contribution < 1.29 is 13.5 Å². The van der Waals surface area contributed by atoms with E-state index in [1.54, 1.807) is 19.1 Å². The molecule has 0 amide bonds. The van der Waals surface area contributed by atoms with Crippen LogP contribution in [0.15, 0.2) is 18.2 Å². The number of ether oxygens (including phenoxy) is 1. The predicted molar refractivity (Wildman–Crippen MR) is 50.7 cm³/mol. The van der Waals surface area contributed by atoms with E-state index in [1.807, 2.05) is 0 Å². The van der Waals surface area contributed by atoms with Gasteiger partial charge < -0.3 is 10.5 Å². The summed E-state index contributed by atoms with van der Waals surface area (Å²) < 4.78 is 31.5. The first-order valence-corrected chi connectivity index (χ1v) is 4.25. The average molecular weight is 201 g/mol. The van der Waals surface area contributed by atoms with Crippen molar-refractivity contribution in [3.8, 4) is 5.75 Å². The van der Waals surface area contributed by atoms with Crippen molar-refractivity contribution in [1.29, 1.82) is 0 Å². The molecule has 0 unspecified atom stereocenters. The molecule has 2 N–H and O–H groups in total. The molecule has 1 rings (SSSR count). The van der Waals surface area contributed by atoms with Crippen molar-refractivity contribution in [2.75, 3.05) is 13.7 Å². The smallest absolute Gasteiger partial charge is 0.288 e. The molecule has 0 saturated carbocycles. The van der Waals surface area contributed by atoms with E-state index >= 15 is 0 Å². The maximum atomic E-state index is 13.3. The molecule has 0 heterocycles. The largest absolute Gasteiger partial charge is 0.496 e. The standard InChI is InChI=1S/C10H13F2NO/c1-7-4-3-5-8(9(7)14-2)10(11,12)6-13/h3-5H,6,13H2,1-2H3. The number of nitrogens with two attached hydrogens (primary N) is 1. The molecule has 4 heteroatoms. The first-order chi connectivity index (χ1) is 6.53. The number of hydrogen-bond donors (Lipinski definition) is 1. The molecule has 0 spiro atoms. The van der Waals surface area contributed by atoms with Gasteiger partial charge in [0.05, 0.1) is 19.2 Å². The van der Waals surface area contributed by atoms with Gasteiger partial charge >= 0.3 is 0 Å². The molecular weight excluding hydrogens is 188 g/mol. The molecule has 78 valence electrons. The first kappa shape index (κ1) is 10.9. The Morgan fingerprint density at radius 3 is 2.57 bits per heavy atom. The lowest BCUT2D eigenvalue weighted by molar-refractivity contribution is 0.00361. The summed E-state index contributed by atoms with van der Waals surface area (Å²) in [5.74, 6) is -2.82. The van der Waals surface area contributed by atoms with Crippen LogP contribution in [0.4, 0.5) is 8.78 Å². The van der Waals surface area contributed by atoms with Crippen LogP contribution in [0.25, 0.3) is 0 Å². The molecule has 0 bridgehead atoms. The topological polar surface area (TPSA) is 35.2 Å². The Hall–Kier alpha value is -1.16. The Labute approximate surface area is 81.7 Å². The number of halogens is 2. The highest BCUT2D eigenvalue weighted by atomic mass is 19.3. The van der Waals surface area contributed by atoms with E-state index in [0.29, 0.717) is 5.56 Å². The highest BCUT2D eigenvalue weighted by Crippen LogP contribution is 2.35. The second-order valence-corrected chi connectivity index (χ2v) is 3.06. The van der Waals surface area contributed by atoms with E-state index in [4.69, 9.17) is 10.5 Å². The lowest BCUT2D eigenvalue weighted by Crippen LogP contribution is -2.25. The zero-order chi connectivity index (χ0) is 10.8. The van der Waals surface area contributed by atoms with Gasteiger partial charge in [-0.25, -0.2) is 0 Å². The Kier molecular flexibility index (Phi) is 3.06. The van der Waals surface area contributed by atoms with Gasteiger partial charge in [0, 0.05) is 0 Å². The third-order valence-corrected chi connectivity index (χ3v) is 2.07. The zero-order valence-corrected chi connectivity index (χ0v) is 8.18. The molecule has 0 aliphatic heterocycles. The van der Waals surface area contributed by atoms with Crippen LogP contribution in [-0.2, 0) is 5.92 Å². The summed E-state index contributed by atoms with van der Waals surface area (Å²) in [5.41, 5.74) is 5.53. The van der Waals surface area contributed by atoms with Gasteiger partial charge in [0.25, 0.3) is 5.92 Å². The lowest BCUT2D eigenvalue weighted by Gasteiger charge is -2.18. The molecule has 0 aliphatic rings. The van der Waals surface area contributed by atoms with E-state index in [-0.39, 0.29) is 11.3 Å². The summed E-state index contributed by atoms with van der Waals surface area (Å²) in [4.78, 5) is 0. The van der Waals surface area contributed by atoms with Gasteiger partial charge in [0.15, 0.2) is 0 Å². The Morgan fingerprint density at radius 2 is 2.07 bits per heavy atom. The van der Waals surface area contributed by atoms with Crippen LogP contribution in [0, 0.1) is 6.92 Å². The Balaban J connectivity index is 3.27. The molecule has 0 aliphatic carbocycles. The van der Waals surface area contributed by atoms with E-state index in [2.05, 4.69) is 0 Å². The van der Waals surface area contributed by atoms with Crippen LogP contribution < -0.4 is 10.5 Å². The molecule has 14 heavy (non-hydrogen) atoms. The fourth-order valence-corrected chi connectivity index (χ4v) is 1.32. The first-order valence-electron chi connectivity index (χ1n) is 4.25. The molecule has 0 aromatic heterocycles. The molecule has 0 atom stereocenters. The molecule has 0 fully saturated rings. The maximum Gasteiger partial charge on any atom is 0.288 e. The van der Waals surface area contributed by atoms with Crippen molar-refractivity contribution in [3.05, 3.63) is 29.3 Å². The van der Waals surface area contributed by atoms with E-state index in [0.717, 1.165) is 0 Å². The Bertz CT molecular complexity index is 326. The zero-order valence-electron chi connectivity index (χ0n) is 8.18. The van der Waals surface area contributed by atoms with Crippen LogP contribution in [0.3, 0.4) is 0 Å². The summed E-state index contributed by atoms with van der Waals surface area (Å²) in [6, 6.07) is 4.62. The van der Waals surface area contributed by atoms with Gasteiger partial charge in [-0.2, -0.15) is 8.78 Å². The number of aryl methyl sites for hydroxylation is 1. The van der Waals surface area contributed by atoms with E-state index in [9.17, 15) is 8.78 Å². The molecule has 1 aromatic rings. The van der Waals surface area contributed by atoms with Gasteiger partial charge in [-0.05, 0) is 18.6 Å². The fraction of sp³-hybridized carbons (Fsp3) is 0.400. The SMILES string of the molecule is COc1c(C)cccc1C(F)(F)CN. The van der Waals surface area contributed by atoms with Gasteiger partial charge in [0.2, 0.25) is 0 Å². The van der Waals surface area contributed by atoms with Crippen molar-refractivity contribution in [1.82, 2.24) is 0 Å². The highest BCUT2D eigenvalue weighted by molar-refractivity contribution is 5.43. The van der Waals surface area contributed by atoms with Crippen LogP contribution in [-0.4, -0.2) is 13.7 Å². The molecular formula is C10H13F2NO. The van der Waals surface area contributed by atoms with Gasteiger partial charge in [0.1, 0.15) is 5.75 Å². The van der Waals surface area contributed by atoms with Gasteiger partial charge in [-0.1, -0.05) is 12.1 Å². The monoisotopic (exact) mass is 201 g/mol. The maximum absolute atomic E-state index is 13.3. The van der Waals surface area contributed by atoms with E-state index < -0.39 is 12.5 Å². The second-order valence-electron chi connectivity index (χ2n) is 3.06. The minimum atomic E-state index is -3.03. The van der Waals surface area contributed by atoms with Crippen molar-refractivity contribution >= 4 is 0 Å². The molecule has 0 saturated heterocycles. The highest BCUT2D eigenvalue weighted by Gasteiger charge is 2.33. The fourth-order valence-electron chi connectivity index (χ4n) is 1.32. The predicted octanol–water partition coefficient (Wildman–Crippen LogP) is 2.05. The van der Waals surface area contributed by atoms with Crippen molar-refractivity contribution in [2.45, 2.75) is 12.8 Å². The second kappa shape index (κ2) is 3.92. The van der Waals surface area contributed by atoms with Crippen LogP contribution in [0.1, 0.15) is 11.1 Å². The normalized spacial score (nSPS) is 11.5. The number of para-hydroxylation sites is 1. The molecule has 1 aromatic carbocycles. The van der Waals surface area contributed by atoms with Crippen molar-refractivity contribution in [2.24, 2.45) is 5.73 Å². The Morgan fingerprint density at radius 1 is 1.43 bits per heavy atom. The summed E-state index contributed by atoms with van der Waals surface area (Å²) in [6.45, 7) is 1.00. The minimum Gasteiger partial charge on any atom is -0.496 e. The summed E-state index contributed by atoms with van der Waals surface area (Å²) in [5, 5.41) is 0. The van der Waals surface area contributed by atoms with Crippen LogP contribution in [0.5, 0.6) is 5.75 Å². The third kappa shape index (κ3) is 1.85. The van der Waals surface area contributed by atoms with Gasteiger partial charge in [-0.3, -0.25) is 0 Å². The summed E-state index contributed by atoms with van der Waals surface area (Å²) in [6.07, 6.45) is 0. The number of benzene rings is 1. The average Bonchev–Trinajstić information content (AvgIpc) is 2.17. The summed E-state index contributed by atoms with van der Waals surface area (Å²) in [7, 11) is 1.37. The third-order valence-electron chi connectivity index (χ3n) is 2.07. The molecule has 2 nitrogen and oxygen atoms in total. The number of hydrogen-bond acceptors (Lipinski definition) is 2. The quantitative estimate of drug-likeness (QED) is 0.812. The van der Waals surface area contributed by atoms with Crippen molar-refractivity contribution in [3.63, 3.8) is 0 Å². The minimum absolute atomic E-state index is 0.150. The number of rotatable bonds is 3.